The van der Waals surface area contributed by atoms with E-state index in [1.165, 1.54) is 11.1 Å². The van der Waals surface area contributed by atoms with E-state index in [9.17, 15) is 0 Å². The number of hydrogen-bond acceptors (Lipinski definition) is 2. The molecule has 1 atom stereocenters. The largest absolute Gasteiger partial charge is 0.381 e. The molecule has 2 heteroatoms. The molecule has 0 aliphatic heterocycles. The summed E-state index contributed by atoms with van der Waals surface area (Å²) in [5.41, 5.74) is 2.76. The Morgan fingerprint density at radius 3 is 2.45 bits per heavy atom. The van der Waals surface area contributed by atoms with Crippen molar-refractivity contribution in [3.8, 4) is 0 Å². The Morgan fingerprint density at radius 1 is 1.15 bits per heavy atom. The molecule has 1 aromatic carbocycles. The van der Waals surface area contributed by atoms with Gasteiger partial charge in [0.05, 0.1) is 0 Å². The minimum atomic E-state index is 0.624. The fourth-order valence-corrected chi connectivity index (χ4v) is 2.25. The van der Waals surface area contributed by atoms with Gasteiger partial charge in [-0.2, -0.15) is 0 Å². The van der Waals surface area contributed by atoms with Gasteiger partial charge in [0.15, 0.2) is 0 Å². The fraction of sp³-hybridized carbons (Fsp3) is 0.667. The van der Waals surface area contributed by atoms with E-state index >= 15 is 0 Å². The van der Waals surface area contributed by atoms with Crippen LogP contribution in [0.5, 0.6) is 0 Å². The van der Waals surface area contributed by atoms with Crippen LogP contribution in [0.4, 0.5) is 0 Å². The van der Waals surface area contributed by atoms with Crippen LogP contribution in [0.1, 0.15) is 38.3 Å². The van der Waals surface area contributed by atoms with Gasteiger partial charge in [-0.1, -0.05) is 50.6 Å². The molecule has 0 radical (unpaired) electrons. The van der Waals surface area contributed by atoms with E-state index in [1.54, 1.807) is 0 Å². The molecule has 0 saturated heterocycles. The molecule has 2 nitrogen and oxygen atoms in total. The van der Waals surface area contributed by atoms with Crippen molar-refractivity contribution in [1.82, 2.24) is 5.32 Å². The Kier molecular flexibility index (Phi) is 8.56. The van der Waals surface area contributed by atoms with Gasteiger partial charge in [-0.05, 0) is 50.3 Å². The summed E-state index contributed by atoms with van der Waals surface area (Å²) in [5, 5.41) is 3.47. The molecule has 114 valence electrons. The first-order valence-corrected chi connectivity index (χ1v) is 7.95. The lowest BCUT2D eigenvalue weighted by Gasteiger charge is -2.18. The van der Waals surface area contributed by atoms with Gasteiger partial charge in [0, 0.05) is 13.2 Å². The maximum absolute atomic E-state index is 5.73. The third kappa shape index (κ3) is 7.66. The van der Waals surface area contributed by atoms with Crippen molar-refractivity contribution < 1.29 is 4.74 Å². The zero-order valence-electron chi connectivity index (χ0n) is 13.6. The SMILES string of the molecule is CCNCC(CCOCC(C)C)Cc1ccc(C)cc1. The van der Waals surface area contributed by atoms with Crippen LogP contribution in [0, 0.1) is 18.8 Å². The molecule has 1 aromatic rings. The average Bonchev–Trinajstić information content (AvgIpc) is 2.42. The molecule has 0 amide bonds. The Balaban J connectivity index is 2.40. The highest BCUT2D eigenvalue weighted by atomic mass is 16.5. The fourth-order valence-electron chi connectivity index (χ4n) is 2.25. The lowest BCUT2D eigenvalue weighted by molar-refractivity contribution is 0.0976. The molecule has 1 rings (SSSR count). The molecule has 1 unspecified atom stereocenters. The molecule has 0 spiro atoms. The van der Waals surface area contributed by atoms with Gasteiger partial charge < -0.3 is 10.1 Å². The van der Waals surface area contributed by atoms with E-state index in [0.29, 0.717) is 11.8 Å². The third-order valence-corrected chi connectivity index (χ3v) is 3.45. The van der Waals surface area contributed by atoms with Gasteiger partial charge in [0.2, 0.25) is 0 Å². The summed E-state index contributed by atoms with van der Waals surface area (Å²) >= 11 is 0. The van der Waals surface area contributed by atoms with E-state index < -0.39 is 0 Å². The van der Waals surface area contributed by atoms with Crippen molar-refractivity contribution in [2.24, 2.45) is 11.8 Å². The second-order valence-corrected chi connectivity index (χ2v) is 6.12. The molecule has 0 aliphatic rings. The van der Waals surface area contributed by atoms with Gasteiger partial charge in [-0.3, -0.25) is 0 Å². The van der Waals surface area contributed by atoms with Crippen LogP contribution in [0.25, 0.3) is 0 Å². The van der Waals surface area contributed by atoms with Gasteiger partial charge in [0.1, 0.15) is 0 Å². The highest BCUT2D eigenvalue weighted by molar-refractivity contribution is 5.21. The second kappa shape index (κ2) is 9.95. The summed E-state index contributed by atoms with van der Waals surface area (Å²) in [6.45, 7) is 12.6. The predicted molar refractivity (Wildman–Crippen MR) is 87.2 cm³/mol. The first-order valence-electron chi connectivity index (χ1n) is 7.95. The monoisotopic (exact) mass is 277 g/mol. The molecule has 0 saturated carbocycles. The Morgan fingerprint density at radius 2 is 1.85 bits per heavy atom. The van der Waals surface area contributed by atoms with Crippen LogP contribution < -0.4 is 5.32 Å². The van der Waals surface area contributed by atoms with Crippen LogP contribution >= 0.6 is 0 Å². The van der Waals surface area contributed by atoms with Gasteiger partial charge in [-0.15, -0.1) is 0 Å². The van der Waals surface area contributed by atoms with E-state index in [4.69, 9.17) is 4.74 Å². The van der Waals surface area contributed by atoms with E-state index in [2.05, 4.69) is 57.3 Å². The Hall–Kier alpha value is -0.860. The first-order chi connectivity index (χ1) is 9.61. The van der Waals surface area contributed by atoms with E-state index in [0.717, 1.165) is 39.1 Å². The van der Waals surface area contributed by atoms with Crippen LogP contribution in [0.2, 0.25) is 0 Å². The number of aryl methyl sites for hydroxylation is 1. The van der Waals surface area contributed by atoms with E-state index in [1.807, 2.05) is 0 Å². The van der Waals surface area contributed by atoms with Crippen LogP contribution in [0.3, 0.4) is 0 Å². The van der Waals surface area contributed by atoms with Gasteiger partial charge in [-0.25, -0.2) is 0 Å². The second-order valence-electron chi connectivity index (χ2n) is 6.12. The van der Waals surface area contributed by atoms with Crippen molar-refractivity contribution in [3.63, 3.8) is 0 Å². The van der Waals surface area contributed by atoms with Crippen LogP contribution in [-0.4, -0.2) is 26.3 Å². The van der Waals surface area contributed by atoms with Crippen molar-refractivity contribution in [1.29, 1.82) is 0 Å². The Labute approximate surface area is 124 Å². The molecule has 1 N–H and O–H groups in total. The lowest BCUT2D eigenvalue weighted by atomic mass is 9.96. The van der Waals surface area contributed by atoms with Gasteiger partial charge >= 0.3 is 0 Å². The maximum atomic E-state index is 5.73. The minimum absolute atomic E-state index is 0.624. The number of benzene rings is 1. The highest BCUT2D eigenvalue weighted by Gasteiger charge is 2.09. The smallest absolute Gasteiger partial charge is 0.0488 e. The molecule has 20 heavy (non-hydrogen) atoms. The molecule has 0 bridgehead atoms. The Bertz CT molecular complexity index is 345. The molecule has 0 heterocycles. The number of rotatable bonds is 10. The summed E-state index contributed by atoms with van der Waals surface area (Å²) in [5.74, 6) is 1.28. The summed E-state index contributed by atoms with van der Waals surface area (Å²) in [6, 6.07) is 8.91. The van der Waals surface area contributed by atoms with Gasteiger partial charge in [0.25, 0.3) is 0 Å². The van der Waals surface area contributed by atoms with Crippen molar-refractivity contribution in [2.45, 2.75) is 40.5 Å². The average molecular weight is 277 g/mol. The first kappa shape index (κ1) is 17.2. The van der Waals surface area contributed by atoms with Crippen molar-refractivity contribution in [2.75, 3.05) is 26.3 Å². The minimum Gasteiger partial charge on any atom is -0.381 e. The zero-order valence-corrected chi connectivity index (χ0v) is 13.6. The highest BCUT2D eigenvalue weighted by Crippen LogP contribution is 2.13. The molecule has 0 fully saturated rings. The topological polar surface area (TPSA) is 21.3 Å². The molecule has 0 aliphatic carbocycles. The number of nitrogens with one attached hydrogen (secondary N) is 1. The molecular formula is C18H31NO. The number of hydrogen-bond donors (Lipinski definition) is 1. The van der Waals surface area contributed by atoms with E-state index in [-0.39, 0.29) is 0 Å². The number of ether oxygens (including phenoxy) is 1. The lowest BCUT2D eigenvalue weighted by Crippen LogP contribution is -2.25. The summed E-state index contributed by atoms with van der Waals surface area (Å²) in [4.78, 5) is 0. The predicted octanol–water partition coefficient (Wildman–Crippen LogP) is 3.83. The maximum Gasteiger partial charge on any atom is 0.0488 e. The summed E-state index contributed by atoms with van der Waals surface area (Å²) in [6.07, 6.45) is 2.27. The summed E-state index contributed by atoms with van der Waals surface area (Å²) < 4.78 is 5.73. The standard InChI is InChI=1S/C18H31NO/c1-5-19-13-18(10-11-20-14-15(2)3)12-17-8-6-16(4)7-9-17/h6-9,15,18-19H,5,10-14H2,1-4H3. The third-order valence-electron chi connectivity index (χ3n) is 3.45. The molecule has 0 aromatic heterocycles. The quantitative estimate of drug-likeness (QED) is 0.656. The van der Waals surface area contributed by atoms with Crippen LogP contribution in [-0.2, 0) is 11.2 Å². The summed E-state index contributed by atoms with van der Waals surface area (Å²) in [7, 11) is 0. The zero-order chi connectivity index (χ0) is 14.8. The normalized spacial score (nSPS) is 12.8. The van der Waals surface area contributed by atoms with Crippen LogP contribution in [0.15, 0.2) is 24.3 Å². The van der Waals surface area contributed by atoms with Crippen molar-refractivity contribution >= 4 is 0 Å². The molecular weight excluding hydrogens is 246 g/mol. The van der Waals surface area contributed by atoms with Crippen molar-refractivity contribution in [3.05, 3.63) is 35.4 Å².